The van der Waals surface area contributed by atoms with Crippen LogP contribution in [-0.2, 0) is 0 Å². The van der Waals surface area contributed by atoms with Crippen LogP contribution in [-0.4, -0.2) is 48.0 Å². The van der Waals surface area contributed by atoms with E-state index in [0.29, 0.717) is 4.75 Å². The van der Waals surface area contributed by atoms with E-state index in [-0.39, 0.29) is 0 Å². The summed E-state index contributed by atoms with van der Waals surface area (Å²) in [6.07, 6.45) is 3.81. The van der Waals surface area contributed by atoms with Gasteiger partial charge in [0.05, 0.1) is 0 Å². The lowest BCUT2D eigenvalue weighted by Gasteiger charge is -2.39. The fourth-order valence-corrected chi connectivity index (χ4v) is 3.22. The van der Waals surface area contributed by atoms with Crippen LogP contribution in [0.1, 0.15) is 40.0 Å². The van der Waals surface area contributed by atoms with Gasteiger partial charge in [0.25, 0.3) is 0 Å². The molecule has 1 rings (SSSR count). The second-order valence-electron chi connectivity index (χ2n) is 5.21. The van der Waals surface area contributed by atoms with Gasteiger partial charge in [0.1, 0.15) is 0 Å². The average Bonchev–Trinajstić information content (AvgIpc) is 2.28. The Hall–Kier alpha value is -0.380. The minimum absolute atomic E-state index is 0.347. The van der Waals surface area contributed by atoms with Gasteiger partial charge in [-0.3, -0.25) is 4.99 Å². The van der Waals surface area contributed by atoms with E-state index in [4.69, 9.17) is 0 Å². The zero-order valence-corrected chi connectivity index (χ0v) is 12.6. The molecule has 0 atom stereocenters. The fraction of sp³-hybridized carbons (Fsp3) is 0.923. The molecule has 3 nitrogen and oxygen atoms in total. The van der Waals surface area contributed by atoms with Crippen molar-refractivity contribution in [2.24, 2.45) is 4.99 Å². The first-order valence-corrected chi connectivity index (χ1v) is 7.67. The highest BCUT2D eigenvalue weighted by atomic mass is 32.2. The maximum Gasteiger partial charge on any atom is 0.193 e. The summed E-state index contributed by atoms with van der Waals surface area (Å²) in [6, 6.07) is 0. The molecule has 1 fully saturated rings. The highest BCUT2D eigenvalue weighted by Crippen LogP contribution is 2.29. The Labute approximate surface area is 110 Å². The second kappa shape index (κ2) is 7.14. The second-order valence-corrected chi connectivity index (χ2v) is 7.01. The van der Waals surface area contributed by atoms with Gasteiger partial charge in [0.2, 0.25) is 0 Å². The summed E-state index contributed by atoms with van der Waals surface area (Å²) < 4.78 is 0.347. The summed E-state index contributed by atoms with van der Waals surface area (Å²) in [5.41, 5.74) is 0. The zero-order valence-electron chi connectivity index (χ0n) is 11.8. The molecule has 0 unspecified atom stereocenters. The van der Waals surface area contributed by atoms with Gasteiger partial charge in [-0.25, -0.2) is 0 Å². The van der Waals surface area contributed by atoms with Crippen molar-refractivity contribution in [2.45, 2.75) is 44.8 Å². The fourth-order valence-electron chi connectivity index (χ4n) is 2.10. The van der Waals surface area contributed by atoms with E-state index in [2.05, 4.69) is 47.7 Å². The Morgan fingerprint density at radius 2 is 2.18 bits per heavy atom. The largest absolute Gasteiger partial charge is 0.356 e. The zero-order chi connectivity index (χ0) is 12.7. The van der Waals surface area contributed by atoms with Gasteiger partial charge in [0, 0.05) is 37.2 Å². The molecule has 0 aromatic heterocycles. The van der Waals surface area contributed by atoms with Gasteiger partial charge in [0.15, 0.2) is 5.96 Å². The minimum atomic E-state index is 0.347. The first kappa shape index (κ1) is 14.7. The predicted molar refractivity (Wildman–Crippen MR) is 79.0 cm³/mol. The van der Waals surface area contributed by atoms with Gasteiger partial charge in [-0.1, -0.05) is 19.8 Å². The molecule has 0 aromatic carbocycles. The van der Waals surface area contributed by atoms with Crippen LogP contribution in [0.3, 0.4) is 0 Å². The number of unbranched alkanes of at least 4 members (excludes halogenated alkanes) is 2. The van der Waals surface area contributed by atoms with Gasteiger partial charge in [-0.2, -0.15) is 11.8 Å². The normalized spacial score (nSPS) is 20.5. The molecule has 100 valence electrons. The first-order valence-electron chi connectivity index (χ1n) is 6.68. The van der Waals surface area contributed by atoms with E-state index >= 15 is 0 Å². The van der Waals surface area contributed by atoms with E-state index < -0.39 is 0 Å². The van der Waals surface area contributed by atoms with Gasteiger partial charge < -0.3 is 10.2 Å². The monoisotopic (exact) mass is 257 g/mol. The SMILES string of the molecule is CCCCCNC(=NC)N1CCSC(C)(C)C1. The maximum absolute atomic E-state index is 4.40. The standard InChI is InChI=1S/C13H27N3S/c1-5-6-7-8-15-12(14-4)16-9-10-17-13(2,3)11-16/h5-11H2,1-4H3,(H,14,15). The smallest absolute Gasteiger partial charge is 0.193 e. The quantitative estimate of drug-likeness (QED) is 0.476. The number of thioether (sulfide) groups is 1. The lowest BCUT2D eigenvalue weighted by molar-refractivity contribution is 0.375. The molecule has 1 N–H and O–H groups in total. The Bertz CT molecular complexity index is 251. The van der Waals surface area contributed by atoms with Crippen LogP contribution >= 0.6 is 11.8 Å². The molecule has 0 bridgehead atoms. The van der Waals surface area contributed by atoms with E-state index in [9.17, 15) is 0 Å². The van der Waals surface area contributed by atoms with Crippen LogP contribution < -0.4 is 5.32 Å². The molecule has 1 heterocycles. The molecule has 4 heteroatoms. The van der Waals surface area contributed by atoms with Crippen molar-refractivity contribution in [3.63, 3.8) is 0 Å². The van der Waals surface area contributed by atoms with E-state index in [1.807, 2.05) is 7.05 Å². The molecule has 0 amide bonds. The number of hydrogen-bond acceptors (Lipinski definition) is 2. The Morgan fingerprint density at radius 1 is 1.41 bits per heavy atom. The van der Waals surface area contributed by atoms with Crippen LogP contribution in [0, 0.1) is 0 Å². The molecule has 0 saturated carbocycles. The Kier molecular flexibility index (Phi) is 6.17. The molecule has 0 radical (unpaired) electrons. The van der Waals surface area contributed by atoms with Crippen molar-refractivity contribution in [3.05, 3.63) is 0 Å². The van der Waals surface area contributed by atoms with Gasteiger partial charge in [-0.15, -0.1) is 0 Å². The number of aliphatic imine (C=N–C) groups is 1. The molecule has 0 aromatic rings. The Balaban J connectivity index is 2.39. The lowest BCUT2D eigenvalue weighted by atomic mass is 10.2. The third kappa shape index (κ3) is 5.19. The van der Waals surface area contributed by atoms with Crippen LogP contribution in [0.5, 0.6) is 0 Å². The number of rotatable bonds is 4. The lowest BCUT2D eigenvalue weighted by Crippen LogP contribution is -2.51. The summed E-state index contributed by atoms with van der Waals surface area (Å²) in [5.74, 6) is 2.28. The number of nitrogens with zero attached hydrogens (tertiary/aromatic N) is 2. The molecule has 0 spiro atoms. The summed E-state index contributed by atoms with van der Waals surface area (Å²) in [5, 5.41) is 3.48. The summed E-state index contributed by atoms with van der Waals surface area (Å²) in [7, 11) is 1.89. The molecule has 0 aliphatic carbocycles. The van der Waals surface area contributed by atoms with Crippen molar-refractivity contribution >= 4 is 17.7 Å². The van der Waals surface area contributed by atoms with Crippen molar-refractivity contribution in [1.29, 1.82) is 0 Å². The summed E-state index contributed by atoms with van der Waals surface area (Å²) >= 11 is 2.06. The minimum Gasteiger partial charge on any atom is -0.356 e. The van der Waals surface area contributed by atoms with E-state index in [1.165, 1.54) is 25.0 Å². The van der Waals surface area contributed by atoms with Crippen molar-refractivity contribution in [2.75, 3.05) is 32.4 Å². The van der Waals surface area contributed by atoms with Crippen molar-refractivity contribution < 1.29 is 0 Å². The summed E-state index contributed by atoms with van der Waals surface area (Å²) in [6.45, 7) is 10.1. The van der Waals surface area contributed by atoms with Gasteiger partial charge in [-0.05, 0) is 20.3 Å². The maximum atomic E-state index is 4.40. The third-order valence-corrected chi connectivity index (χ3v) is 4.30. The first-order chi connectivity index (χ1) is 8.09. The van der Waals surface area contributed by atoms with Gasteiger partial charge >= 0.3 is 0 Å². The highest BCUT2D eigenvalue weighted by molar-refractivity contribution is 8.00. The van der Waals surface area contributed by atoms with Crippen molar-refractivity contribution in [1.82, 2.24) is 10.2 Å². The summed E-state index contributed by atoms with van der Waals surface area (Å²) in [4.78, 5) is 6.79. The van der Waals surface area contributed by atoms with Crippen LogP contribution in [0.25, 0.3) is 0 Å². The molecule has 1 saturated heterocycles. The van der Waals surface area contributed by atoms with Crippen LogP contribution in [0.2, 0.25) is 0 Å². The van der Waals surface area contributed by atoms with Crippen molar-refractivity contribution in [3.8, 4) is 0 Å². The predicted octanol–water partition coefficient (Wildman–Crippen LogP) is 2.58. The van der Waals surface area contributed by atoms with Crippen LogP contribution in [0.15, 0.2) is 4.99 Å². The van der Waals surface area contributed by atoms with Crippen LogP contribution in [0.4, 0.5) is 0 Å². The third-order valence-electron chi connectivity index (χ3n) is 3.00. The Morgan fingerprint density at radius 3 is 2.76 bits per heavy atom. The molecular weight excluding hydrogens is 230 g/mol. The van der Waals surface area contributed by atoms with E-state index in [1.54, 1.807) is 0 Å². The average molecular weight is 257 g/mol. The molecular formula is C13H27N3S. The van der Waals surface area contributed by atoms with E-state index in [0.717, 1.165) is 25.6 Å². The highest BCUT2D eigenvalue weighted by Gasteiger charge is 2.28. The topological polar surface area (TPSA) is 27.6 Å². The number of nitrogens with one attached hydrogen (secondary N) is 1. The number of guanidine groups is 1. The molecule has 17 heavy (non-hydrogen) atoms. The molecule has 1 aliphatic heterocycles. The number of hydrogen-bond donors (Lipinski definition) is 1. The molecule has 1 aliphatic rings.